The number of primary sulfonamides is 1. The number of hydrogen-bond acceptors (Lipinski definition) is 5. The van der Waals surface area contributed by atoms with Gasteiger partial charge >= 0.3 is 0 Å². The first-order chi connectivity index (χ1) is 9.82. The molecule has 5 N–H and O–H groups in total. The molecule has 0 spiro atoms. The second kappa shape index (κ2) is 5.92. The fourth-order valence-electron chi connectivity index (χ4n) is 1.79. The molecule has 8 heteroatoms. The third-order valence-electron chi connectivity index (χ3n) is 2.80. The van der Waals surface area contributed by atoms with Crippen LogP contribution in [0.4, 0.5) is 17.1 Å². The molecule has 21 heavy (non-hydrogen) atoms. The second-order valence-corrected chi connectivity index (χ2v) is 6.62. The first-order valence-electron chi connectivity index (χ1n) is 5.85. The molecule has 2 aromatic carbocycles. The number of sulfonamides is 1. The predicted octanol–water partition coefficient (Wildman–Crippen LogP) is 2.43. The van der Waals surface area contributed by atoms with Crippen molar-refractivity contribution in [2.45, 2.75) is 4.90 Å². The van der Waals surface area contributed by atoms with Crippen molar-refractivity contribution in [1.29, 1.82) is 0 Å². The van der Waals surface area contributed by atoms with Crippen molar-refractivity contribution in [3.8, 4) is 5.75 Å². The maximum atomic E-state index is 11.4. The molecule has 0 aliphatic carbocycles. The normalized spacial score (nSPS) is 11.2. The summed E-state index contributed by atoms with van der Waals surface area (Å²) in [5.74, 6) is 0.640. The van der Waals surface area contributed by atoms with E-state index in [0.717, 1.165) is 4.47 Å². The number of nitrogen functional groups attached to an aromatic ring is 1. The van der Waals surface area contributed by atoms with Crippen LogP contribution < -0.4 is 20.9 Å². The van der Waals surface area contributed by atoms with Gasteiger partial charge in [-0.15, -0.1) is 0 Å². The largest absolute Gasteiger partial charge is 0.495 e. The summed E-state index contributed by atoms with van der Waals surface area (Å²) >= 11 is 3.35. The van der Waals surface area contributed by atoms with E-state index in [1.54, 1.807) is 37.4 Å². The molecule has 2 rings (SSSR count). The number of rotatable bonds is 4. The van der Waals surface area contributed by atoms with Crippen LogP contribution in [0.3, 0.4) is 0 Å². The number of anilines is 3. The minimum absolute atomic E-state index is 0.0712. The maximum Gasteiger partial charge on any atom is 0.240 e. The highest BCUT2D eigenvalue weighted by Crippen LogP contribution is 2.32. The summed E-state index contributed by atoms with van der Waals surface area (Å²) < 4.78 is 28.9. The molecule has 0 aliphatic heterocycles. The summed E-state index contributed by atoms with van der Waals surface area (Å²) in [6, 6.07) is 9.95. The van der Waals surface area contributed by atoms with Gasteiger partial charge in [-0.05, 0) is 40.2 Å². The minimum Gasteiger partial charge on any atom is -0.495 e. The van der Waals surface area contributed by atoms with Crippen LogP contribution in [0, 0.1) is 0 Å². The van der Waals surface area contributed by atoms with E-state index in [2.05, 4.69) is 21.2 Å². The zero-order valence-corrected chi connectivity index (χ0v) is 13.5. The van der Waals surface area contributed by atoms with Gasteiger partial charge in [0.2, 0.25) is 10.0 Å². The summed E-state index contributed by atoms with van der Waals surface area (Å²) in [6.07, 6.45) is 0. The molecular formula is C13H14BrN3O3S. The standard InChI is InChI=1S/C13H14BrN3O3S/c1-20-11-7-8(5-6-9(11)14)17-10-3-2-4-12(13(10)15)21(16,18)19/h2-7,17H,15H2,1H3,(H2,16,18,19). The first-order valence-corrected chi connectivity index (χ1v) is 8.18. The van der Waals surface area contributed by atoms with Crippen molar-refractivity contribution in [3.63, 3.8) is 0 Å². The molecule has 0 saturated heterocycles. The number of halogens is 1. The fourth-order valence-corrected chi connectivity index (χ4v) is 2.89. The molecule has 0 saturated carbocycles. The van der Waals surface area contributed by atoms with Gasteiger partial charge in [-0.3, -0.25) is 0 Å². The van der Waals surface area contributed by atoms with Crippen molar-refractivity contribution in [2.24, 2.45) is 5.14 Å². The van der Waals surface area contributed by atoms with Crippen LogP contribution in [0.25, 0.3) is 0 Å². The molecular weight excluding hydrogens is 358 g/mol. The lowest BCUT2D eigenvalue weighted by Gasteiger charge is -2.13. The number of benzene rings is 2. The Morgan fingerprint density at radius 3 is 2.57 bits per heavy atom. The highest BCUT2D eigenvalue weighted by molar-refractivity contribution is 9.10. The SMILES string of the molecule is COc1cc(Nc2cccc(S(N)(=O)=O)c2N)ccc1Br. The Kier molecular flexibility index (Phi) is 4.40. The van der Waals surface area contributed by atoms with E-state index >= 15 is 0 Å². The highest BCUT2D eigenvalue weighted by atomic mass is 79.9. The molecule has 0 heterocycles. The molecule has 0 unspecified atom stereocenters. The van der Waals surface area contributed by atoms with Gasteiger partial charge in [0, 0.05) is 11.8 Å². The monoisotopic (exact) mass is 371 g/mol. The zero-order valence-electron chi connectivity index (χ0n) is 11.1. The smallest absolute Gasteiger partial charge is 0.240 e. The summed E-state index contributed by atoms with van der Waals surface area (Å²) in [6.45, 7) is 0. The van der Waals surface area contributed by atoms with Gasteiger partial charge in [0.1, 0.15) is 10.6 Å². The van der Waals surface area contributed by atoms with Gasteiger partial charge in [-0.25, -0.2) is 13.6 Å². The number of hydrogen-bond donors (Lipinski definition) is 3. The molecule has 0 radical (unpaired) electrons. The molecule has 0 amide bonds. The van der Waals surface area contributed by atoms with Crippen molar-refractivity contribution in [3.05, 3.63) is 40.9 Å². The van der Waals surface area contributed by atoms with E-state index in [0.29, 0.717) is 17.1 Å². The lowest BCUT2D eigenvalue weighted by molar-refractivity contribution is 0.412. The Morgan fingerprint density at radius 1 is 1.24 bits per heavy atom. The van der Waals surface area contributed by atoms with Crippen LogP contribution >= 0.6 is 15.9 Å². The summed E-state index contributed by atoms with van der Waals surface area (Å²) in [4.78, 5) is -0.114. The molecule has 0 fully saturated rings. The molecule has 0 aliphatic rings. The molecule has 112 valence electrons. The van der Waals surface area contributed by atoms with Crippen LogP contribution in [0.15, 0.2) is 45.8 Å². The van der Waals surface area contributed by atoms with Crippen LogP contribution in [0.5, 0.6) is 5.75 Å². The van der Waals surface area contributed by atoms with Crippen LogP contribution in [-0.4, -0.2) is 15.5 Å². The van der Waals surface area contributed by atoms with Crippen LogP contribution in [-0.2, 0) is 10.0 Å². The Hall–Kier alpha value is -1.77. The summed E-state index contributed by atoms with van der Waals surface area (Å²) in [5.41, 5.74) is 7.08. The summed E-state index contributed by atoms with van der Waals surface area (Å²) in [7, 11) is -2.31. The number of para-hydroxylation sites is 1. The first kappa shape index (κ1) is 15.6. The quantitative estimate of drug-likeness (QED) is 0.715. The molecule has 6 nitrogen and oxygen atoms in total. The Morgan fingerprint density at radius 2 is 1.95 bits per heavy atom. The van der Waals surface area contributed by atoms with Gasteiger partial charge in [0.25, 0.3) is 0 Å². The van der Waals surface area contributed by atoms with E-state index in [9.17, 15) is 8.42 Å². The van der Waals surface area contributed by atoms with E-state index < -0.39 is 10.0 Å². The van der Waals surface area contributed by atoms with Crippen molar-refractivity contribution in [1.82, 2.24) is 0 Å². The second-order valence-electron chi connectivity index (χ2n) is 4.24. The van der Waals surface area contributed by atoms with Crippen molar-refractivity contribution in [2.75, 3.05) is 18.2 Å². The average molecular weight is 372 g/mol. The molecule has 0 aromatic heterocycles. The van der Waals surface area contributed by atoms with Crippen LogP contribution in [0.2, 0.25) is 0 Å². The van der Waals surface area contributed by atoms with Crippen LogP contribution in [0.1, 0.15) is 0 Å². The number of ether oxygens (including phenoxy) is 1. The topological polar surface area (TPSA) is 107 Å². The lowest BCUT2D eigenvalue weighted by atomic mass is 10.2. The van der Waals surface area contributed by atoms with E-state index in [4.69, 9.17) is 15.6 Å². The fraction of sp³-hybridized carbons (Fsp3) is 0.0769. The predicted molar refractivity (Wildman–Crippen MR) is 86.2 cm³/mol. The lowest BCUT2D eigenvalue weighted by Crippen LogP contribution is -2.15. The number of methoxy groups -OCH3 is 1. The number of nitrogens with two attached hydrogens (primary N) is 2. The third kappa shape index (κ3) is 3.46. The molecule has 0 atom stereocenters. The Balaban J connectivity index is 2.41. The van der Waals surface area contributed by atoms with Gasteiger partial charge in [-0.1, -0.05) is 6.07 Å². The van der Waals surface area contributed by atoms with E-state index in [-0.39, 0.29) is 10.6 Å². The van der Waals surface area contributed by atoms with Gasteiger partial charge in [-0.2, -0.15) is 0 Å². The van der Waals surface area contributed by atoms with E-state index in [1.165, 1.54) is 6.07 Å². The van der Waals surface area contributed by atoms with Gasteiger partial charge in [0.15, 0.2) is 0 Å². The van der Waals surface area contributed by atoms with E-state index in [1.807, 2.05) is 0 Å². The Labute approximate surface area is 131 Å². The third-order valence-corrected chi connectivity index (χ3v) is 4.43. The minimum atomic E-state index is -3.87. The number of nitrogens with one attached hydrogen (secondary N) is 1. The maximum absolute atomic E-state index is 11.4. The average Bonchev–Trinajstić information content (AvgIpc) is 2.42. The van der Waals surface area contributed by atoms with Gasteiger partial charge in [0.05, 0.1) is 23.0 Å². The summed E-state index contributed by atoms with van der Waals surface area (Å²) in [5, 5.41) is 8.16. The van der Waals surface area contributed by atoms with Crippen molar-refractivity contribution >= 4 is 43.0 Å². The zero-order chi connectivity index (χ0) is 15.6. The Bertz CT molecular complexity index is 778. The molecule has 0 bridgehead atoms. The van der Waals surface area contributed by atoms with Gasteiger partial charge < -0.3 is 15.8 Å². The highest BCUT2D eigenvalue weighted by Gasteiger charge is 2.15. The molecule has 2 aromatic rings. The van der Waals surface area contributed by atoms with Crippen molar-refractivity contribution < 1.29 is 13.2 Å².